The Balaban J connectivity index is 1.89. The van der Waals surface area contributed by atoms with Crippen molar-refractivity contribution in [2.75, 3.05) is 12.3 Å². The molecule has 1 heterocycles. The van der Waals surface area contributed by atoms with E-state index in [0.717, 1.165) is 18.0 Å². The molecule has 90 valence electrons. The van der Waals surface area contributed by atoms with Gasteiger partial charge in [-0.15, -0.1) is 0 Å². The van der Waals surface area contributed by atoms with Crippen LogP contribution in [0.5, 0.6) is 0 Å². The van der Waals surface area contributed by atoms with E-state index in [1.165, 1.54) is 19.3 Å². The van der Waals surface area contributed by atoms with Crippen LogP contribution in [0, 0.1) is 12.8 Å². The van der Waals surface area contributed by atoms with E-state index in [1.54, 1.807) is 0 Å². The number of piperidine rings is 1. The summed E-state index contributed by atoms with van der Waals surface area (Å²) in [5.41, 5.74) is 8.31. The van der Waals surface area contributed by atoms with Crippen LogP contribution in [0.15, 0.2) is 18.2 Å². The van der Waals surface area contributed by atoms with Crippen molar-refractivity contribution in [2.45, 2.75) is 32.2 Å². The number of para-hydroxylation sites is 1. The first-order valence-electron chi connectivity index (χ1n) is 6.33. The molecule has 1 saturated carbocycles. The summed E-state index contributed by atoms with van der Waals surface area (Å²) < 4.78 is 0. The molecule has 2 bridgehead atoms. The summed E-state index contributed by atoms with van der Waals surface area (Å²) in [4.78, 5) is 14.5. The summed E-state index contributed by atoms with van der Waals surface area (Å²) in [6, 6.07) is 6.17. The monoisotopic (exact) mass is 230 g/mol. The number of hydrogen-bond acceptors (Lipinski definition) is 2. The highest BCUT2D eigenvalue weighted by Gasteiger charge is 2.40. The van der Waals surface area contributed by atoms with Gasteiger partial charge < -0.3 is 10.6 Å². The van der Waals surface area contributed by atoms with Gasteiger partial charge in [0.05, 0.1) is 5.56 Å². The molecule has 1 aromatic carbocycles. The van der Waals surface area contributed by atoms with Crippen LogP contribution < -0.4 is 5.73 Å². The van der Waals surface area contributed by atoms with E-state index in [2.05, 4.69) is 0 Å². The number of carbonyl (C=O) groups excluding carboxylic acids is 1. The molecule has 2 aliphatic rings. The van der Waals surface area contributed by atoms with Crippen molar-refractivity contribution in [3.63, 3.8) is 0 Å². The largest absolute Gasteiger partial charge is 0.398 e. The fraction of sp³-hybridized carbons (Fsp3) is 0.500. The van der Waals surface area contributed by atoms with Crippen LogP contribution in [-0.4, -0.2) is 23.4 Å². The number of benzene rings is 1. The van der Waals surface area contributed by atoms with Gasteiger partial charge in [0, 0.05) is 18.3 Å². The Labute approximate surface area is 102 Å². The topological polar surface area (TPSA) is 46.3 Å². The first kappa shape index (κ1) is 10.6. The molecule has 1 aliphatic carbocycles. The Morgan fingerprint density at radius 1 is 1.41 bits per heavy atom. The van der Waals surface area contributed by atoms with Crippen molar-refractivity contribution in [3.05, 3.63) is 29.3 Å². The van der Waals surface area contributed by atoms with Crippen LogP contribution in [0.1, 0.15) is 35.2 Å². The Morgan fingerprint density at radius 3 is 2.88 bits per heavy atom. The fourth-order valence-electron chi connectivity index (χ4n) is 3.20. The van der Waals surface area contributed by atoms with Crippen LogP contribution >= 0.6 is 0 Å². The second-order valence-electron chi connectivity index (χ2n) is 5.33. The van der Waals surface area contributed by atoms with Gasteiger partial charge in [-0.2, -0.15) is 0 Å². The maximum absolute atomic E-state index is 12.5. The molecule has 2 unspecified atom stereocenters. The average molecular weight is 230 g/mol. The second-order valence-corrected chi connectivity index (χ2v) is 5.33. The summed E-state index contributed by atoms with van der Waals surface area (Å²) in [5.74, 6) is 0.855. The fourth-order valence-corrected chi connectivity index (χ4v) is 3.20. The number of fused-ring (bicyclic) bond motifs is 2. The molecule has 1 aromatic rings. The van der Waals surface area contributed by atoms with Crippen molar-refractivity contribution in [1.29, 1.82) is 0 Å². The molecule has 0 spiro atoms. The zero-order chi connectivity index (χ0) is 12.0. The SMILES string of the molecule is Cc1cccc(C(=O)N2CC3CCC2C3)c1N. The Bertz CT molecular complexity index is 469. The van der Waals surface area contributed by atoms with Crippen LogP contribution in [0.3, 0.4) is 0 Å². The minimum atomic E-state index is 0.124. The Hall–Kier alpha value is -1.51. The van der Waals surface area contributed by atoms with Crippen LogP contribution in [0.4, 0.5) is 5.69 Å². The van der Waals surface area contributed by atoms with Gasteiger partial charge >= 0.3 is 0 Å². The van der Waals surface area contributed by atoms with Gasteiger partial charge in [0.25, 0.3) is 5.91 Å². The highest BCUT2D eigenvalue weighted by Crippen LogP contribution is 2.38. The summed E-state index contributed by atoms with van der Waals surface area (Å²) >= 11 is 0. The minimum Gasteiger partial charge on any atom is -0.398 e. The molecule has 2 fully saturated rings. The maximum atomic E-state index is 12.5. The number of rotatable bonds is 1. The molecule has 1 amide bonds. The van der Waals surface area contributed by atoms with Gasteiger partial charge in [-0.05, 0) is 43.7 Å². The minimum absolute atomic E-state index is 0.124. The van der Waals surface area contributed by atoms with E-state index in [1.807, 2.05) is 30.0 Å². The lowest BCUT2D eigenvalue weighted by molar-refractivity contribution is 0.0704. The van der Waals surface area contributed by atoms with Crippen molar-refractivity contribution in [3.8, 4) is 0 Å². The molecule has 17 heavy (non-hydrogen) atoms. The van der Waals surface area contributed by atoms with E-state index in [4.69, 9.17) is 5.73 Å². The lowest BCUT2D eigenvalue weighted by Gasteiger charge is -2.27. The Kier molecular flexibility index (Phi) is 2.35. The quantitative estimate of drug-likeness (QED) is 0.752. The van der Waals surface area contributed by atoms with E-state index in [0.29, 0.717) is 17.3 Å². The molecular formula is C14H18N2O. The molecule has 3 rings (SSSR count). The molecule has 2 N–H and O–H groups in total. The van der Waals surface area contributed by atoms with Crippen LogP contribution in [0.2, 0.25) is 0 Å². The zero-order valence-electron chi connectivity index (χ0n) is 10.1. The number of nitrogens with zero attached hydrogens (tertiary/aromatic N) is 1. The van der Waals surface area contributed by atoms with Gasteiger partial charge in [-0.25, -0.2) is 0 Å². The third-order valence-electron chi connectivity index (χ3n) is 4.22. The predicted molar refractivity (Wildman–Crippen MR) is 67.8 cm³/mol. The lowest BCUT2D eigenvalue weighted by Crippen LogP contribution is -2.38. The number of anilines is 1. The van der Waals surface area contributed by atoms with Crippen molar-refractivity contribution in [2.24, 2.45) is 5.92 Å². The summed E-state index contributed by atoms with van der Waals surface area (Å²) in [6.07, 6.45) is 3.65. The summed E-state index contributed by atoms with van der Waals surface area (Å²) in [7, 11) is 0. The first-order valence-corrected chi connectivity index (χ1v) is 6.33. The number of aryl methyl sites for hydroxylation is 1. The van der Waals surface area contributed by atoms with Crippen molar-refractivity contribution < 1.29 is 4.79 Å². The third kappa shape index (κ3) is 1.61. The smallest absolute Gasteiger partial charge is 0.256 e. The normalized spacial score (nSPS) is 26.5. The molecular weight excluding hydrogens is 212 g/mol. The van der Waals surface area contributed by atoms with E-state index in [9.17, 15) is 4.79 Å². The van der Waals surface area contributed by atoms with Gasteiger partial charge in [0.15, 0.2) is 0 Å². The number of nitrogen functional groups attached to an aromatic ring is 1. The highest BCUT2D eigenvalue weighted by atomic mass is 16.2. The molecule has 2 atom stereocenters. The number of amides is 1. The van der Waals surface area contributed by atoms with Crippen LogP contribution in [0.25, 0.3) is 0 Å². The number of carbonyl (C=O) groups is 1. The van der Waals surface area contributed by atoms with Gasteiger partial charge in [-0.1, -0.05) is 12.1 Å². The molecule has 0 aromatic heterocycles. The van der Waals surface area contributed by atoms with E-state index < -0.39 is 0 Å². The maximum Gasteiger partial charge on any atom is 0.256 e. The number of likely N-dealkylation sites (tertiary alicyclic amines) is 1. The second kappa shape index (κ2) is 3.76. The zero-order valence-corrected chi connectivity index (χ0v) is 10.1. The van der Waals surface area contributed by atoms with Crippen molar-refractivity contribution in [1.82, 2.24) is 4.90 Å². The number of hydrogen-bond donors (Lipinski definition) is 1. The van der Waals surface area contributed by atoms with Gasteiger partial charge in [0.2, 0.25) is 0 Å². The van der Waals surface area contributed by atoms with Crippen LogP contribution in [-0.2, 0) is 0 Å². The van der Waals surface area contributed by atoms with E-state index in [-0.39, 0.29) is 5.91 Å². The molecule has 3 heteroatoms. The molecule has 1 saturated heterocycles. The van der Waals surface area contributed by atoms with Gasteiger partial charge in [0.1, 0.15) is 0 Å². The summed E-state index contributed by atoms with van der Waals surface area (Å²) in [6.45, 7) is 2.87. The van der Waals surface area contributed by atoms with E-state index >= 15 is 0 Å². The average Bonchev–Trinajstić information content (AvgIpc) is 2.94. The molecule has 3 nitrogen and oxygen atoms in total. The third-order valence-corrected chi connectivity index (χ3v) is 4.22. The Morgan fingerprint density at radius 2 is 2.24 bits per heavy atom. The molecule has 0 radical (unpaired) electrons. The number of nitrogens with two attached hydrogens (primary N) is 1. The molecule has 1 aliphatic heterocycles. The van der Waals surface area contributed by atoms with Crippen molar-refractivity contribution >= 4 is 11.6 Å². The predicted octanol–water partition coefficient (Wildman–Crippen LogP) is 2.20. The summed E-state index contributed by atoms with van der Waals surface area (Å²) in [5, 5.41) is 0. The first-order chi connectivity index (χ1) is 8.16. The lowest BCUT2D eigenvalue weighted by atomic mass is 10.1. The highest BCUT2D eigenvalue weighted by molar-refractivity contribution is 6.00. The standard InChI is InChI=1S/C14H18N2O/c1-9-3-2-4-12(13(9)15)14(17)16-8-10-5-6-11(16)7-10/h2-4,10-11H,5-8,15H2,1H3. The van der Waals surface area contributed by atoms with Gasteiger partial charge in [-0.3, -0.25) is 4.79 Å².